The summed E-state index contributed by atoms with van der Waals surface area (Å²) in [5.74, 6) is 2.37. The minimum atomic E-state index is 0.264. The zero-order chi connectivity index (χ0) is 33.5. The third kappa shape index (κ3) is 4.47. The van der Waals surface area contributed by atoms with E-state index in [0.717, 1.165) is 16.7 Å². The molecule has 1 aliphatic heterocycles. The molecule has 3 aromatic heterocycles. The summed E-state index contributed by atoms with van der Waals surface area (Å²) < 4.78 is 5.22. The maximum atomic E-state index is 5.00. The molecule has 4 heterocycles. The van der Waals surface area contributed by atoms with Gasteiger partial charge in [0.1, 0.15) is 0 Å². The summed E-state index contributed by atoms with van der Waals surface area (Å²) in [6.45, 7) is 0. The molecule has 1 aliphatic carbocycles. The number of nitrogens with zero attached hydrogens (tertiary/aromatic N) is 4. The van der Waals surface area contributed by atoms with Crippen LogP contribution >= 0.6 is 22.7 Å². The SMILES string of the molecule is C1=CC2c3ccccc3N(c3cccc4sc5c(ccc6c7ccc(-c8nc(-c9ccccc9)nc(-c9ccccc9)n8)cc7sc65)c34)C2C=C1. The van der Waals surface area contributed by atoms with E-state index in [9.17, 15) is 0 Å². The summed E-state index contributed by atoms with van der Waals surface area (Å²) >= 11 is 3.78. The largest absolute Gasteiger partial charge is 0.333 e. The lowest BCUT2D eigenvalue weighted by Crippen LogP contribution is -2.28. The molecule has 6 heteroatoms. The fourth-order valence-corrected chi connectivity index (χ4v) is 10.5. The Kier molecular flexibility index (Phi) is 6.38. The molecule has 0 radical (unpaired) electrons. The third-order valence-electron chi connectivity index (χ3n) is 10.3. The van der Waals surface area contributed by atoms with Crippen LogP contribution in [-0.4, -0.2) is 21.0 Å². The molecule has 51 heavy (non-hydrogen) atoms. The van der Waals surface area contributed by atoms with Gasteiger partial charge in [-0.05, 0) is 29.8 Å². The molecule has 2 unspecified atom stereocenters. The first kappa shape index (κ1) is 28.8. The van der Waals surface area contributed by atoms with Crippen LogP contribution in [0.3, 0.4) is 0 Å². The van der Waals surface area contributed by atoms with Crippen molar-refractivity contribution in [2.45, 2.75) is 12.0 Å². The molecule has 6 aromatic carbocycles. The van der Waals surface area contributed by atoms with Gasteiger partial charge in [-0.25, -0.2) is 15.0 Å². The van der Waals surface area contributed by atoms with Gasteiger partial charge < -0.3 is 4.90 Å². The second-order valence-corrected chi connectivity index (χ2v) is 15.2. The molecule has 0 amide bonds. The van der Waals surface area contributed by atoms with E-state index in [-0.39, 0.29) is 6.04 Å². The van der Waals surface area contributed by atoms with Crippen molar-refractivity contribution in [3.8, 4) is 34.2 Å². The Hall–Kier alpha value is -5.95. The number of hydrogen-bond acceptors (Lipinski definition) is 6. The van der Waals surface area contributed by atoms with Crippen LogP contribution in [0.25, 0.3) is 74.5 Å². The van der Waals surface area contributed by atoms with Gasteiger partial charge in [-0.1, -0.05) is 133 Å². The van der Waals surface area contributed by atoms with Gasteiger partial charge >= 0.3 is 0 Å². The quantitative estimate of drug-likeness (QED) is 0.185. The molecule has 0 N–H and O–H groups in total. The fraction of sp³-hybridized carbons (Fsp3) is 0.0444. The predicted molar refractivity (Wildman–Crippen MR) is 215 cm³/mol. The number of rotatable bonds is 4. The number of benzene rings is 6. The van der Waals surface area contributed by atoms with Crippen LogP contribution in [0, 0.1) is 0 Å². The zero-order valence-corrected chi connectivity index (χ0v) is 28.9. The highest BCUT2D eigenvalue weighted by atomic mass is 32.1. The van der Waals surface area contributed by atoms with Gasteiger partial charge in [0, 0.05) is 59.2 Å². The van der Waals surface area contributed by atoms with E-state index in [1.54, 1.807) is 0 Å². The molecule has 0 spiro atoms. The van der Waals surface area contributed by atoms with Gasteiger partial charge in [-0.3, -0.25) is 0 Å². The molecule has 2 aliphatic rings. The molecule has 11 rings (SSSR count). The van der Waals surface area contributed by atoms with Gasteiger partial charge in [0.25, 0.3) is 0 Å². The molecule has 0 saturated heterocycles. The predicted octanol–water partition coefficient (Wildman–Crippen LogP) is 12.3. The lowest BCUT2D eigenvalue weighted by molar-refractivity contribution is 0.746. The van der Waals surface area contributed by atoms with Crippen molar-refractivity contribution in [2.24, 2.45) is 0 Å². The van der Waals surface area contributed by atoms with Gasteiger partial charge in [-0.2, -0.15) is 0 Å². The molecule has 240 valence electrons. The lowest BCUT2D eigenvalue weighted by atomic mass is 9.91. The van der Waals surface area contributed by atoms with Crippen molar-refractivity contribution in [3.63, 3.8) is 0 Å². The van der Waals surface area contributed by atoms with Crippen molar-refractivity contribution in [1.29, 1.82) is 0 Å². The third-order valence-corrected chi connectivity index (χ3v) is 12.8. The summed E-state index contributed by atoms with van der Waals surface area (Å²) in [5, 5.41) is 5.20. The van der Waals surface area contributed by atoms with Gasteiger partial charge in [0.05, 0.1) is 21.1 Å². The molecule has 0 saturated carbocycles. The van der Waals surface area contributed by atoms with Crippen LogP contribution in [0.15, 0.2) is 158 Å². The normalized spacial score (nSPS) is 16.4. The summed E-state index contributed by atoms with van der Waals surface area (Å²) in [6, 6.07) is 47.6. The Balaban J connectivity index is 1.07. The highest BCUT2D eigenvalue weighted by molar-refractivity contribution is 7.33. The van der Waals surface area contributed by atoms with Crippen LogP contribution in [0.2, 0.25) is 0 Å². The van der Waals surface area contributed by atoms with Crippen molar-refractivity contribution >= 4 is 74.4 Å². The van der Waals surface area contributed by atoms with Crippen molar-refractivity contribution in [2.75, 3.05) is 4.90 Å². The Morgan fingerprint density at radius 2 is 1.08 bits per heavy atom. The molecule has 0 bridgehead atoms. The lowest BCUT2D eigenvalue weighted by Gasteiger charge is -2.29. The number of anilines is 2. The van der Waals surface area contributed by atoms with Crippen molar-refractivity contribution < 1.29 is 0 Å². The minimum Gasteiger partial charge on any atom is -0.333 e. The van der Waals surface area contributed by atoms with E-state index in [0.29, 0.717) is 23.4 Å². The summed E-state index contributed by atoms with van der Waals surface area (Å²) in [6.07, 6.45) is 9.10. The van der Waals surface area contributed by atoms with Crippen LogP contribution in [-0.2, 0) is 0 Å². The molecule has 4 nitrogen and oxygen atoms in total. The van der Waals surface area contributed by atoms with E-state index < -0.39 is 0 Å². The summed E-state index contributed by atoms with van der Waals surface area (Å²) in [7, 11) is 0. The first-order valence-corrected chi connectivity index (χ1v) is 18.8. The van der Waals surface area contributed by atoms with Crippen LogP contribution < -0.4 is 4.90 Å². The average Bonchev–Trinajstić information content (AvgIpc) is 3.88. The average molecular weight is 689 g/mol. The number of aromatic nitrogens is 3. The number of para-hydroxylation sites is 1. The van der Waals surface area contributed by atoms with E-state index in [2.05, 4.69) is 126 Å². The monoisotopic (exact) mass is 688 g/mol. The molecule has 0 fully saturated rings. The maximum absolute atomic E-state index is 5.00. The zero-order valence-electron chi connectivity index (χ0n) is 27.3. The molecular formula is C45H28N4S2. The van der Waals surface area contributed by atoms with Gasteiger partial charge in [0.15, 0.2) is 17.5 Å². The highest BCUT2D eigenvalue weighted by Gasteiger charge is 2.38. The fourth-order valence-electron chi connectivity index (χ4n) is 7.95. The van der Waals surface area contributed by atoms with E-state index in [1.807, 2.05) is 59.1 Å². The Morgan fingerprint density at radius 3 is 1.86 bits per heavy atom. The first-order valence-electron chi connectivity index (χ1n) is 17.2. The number of thiophene rings is 2. The molecular weight excluding hydrogens is 661 g/mol. The summed E-state index contributed by atoms with van der Waals surface area (Å²) in [4.78, 5) is 17.5. The highest BCUT2D eigenvalue weighted by Crippen LogP contribution is 2.52. The Bertz CT molecular complexity index is 2830. The number of fused-ring (bicyclic) bond motifs is 10. The minimum absolute atomic E-state index is 0.264. The van der Waals surface area contributed by atoms with E-state index >= 15 is 0 Å². The Labute approximate surface area is 302 Å². The van der Waals surface area contributed by atoms with Crippen LogP contribution in [0.4, 0.5) is 11.4 Å². The van der Waals surface area contributed by atoms with E-state index in [1.165, 1.54) is 57.3 Å². The van der Waals surface area contributed by atoms with E-state index in [4.69, 9.17) is 15.0 Å². The van der Waals surface area contributed by atoms with Crippen LogP contribution in [0.1, 0.15) is 11.5 Å². The number of allylic oxidation sites excluding steroid dienone is 2. The van der Waals surface area contributed by atoms with Gasteiger partial charge in [0.2, 0.25) is 0 Å². The van der Waals surface area contributed by atoms with Crippen molar-refractivity contribution in [3.05, 3.63) is 163 Å². The smallest absolute Gasteiger partial charge is 0.164 e. The molecule has 2 atom stereocenters. The first-order chi connectivity index (χ1) is 25.3. The standard InChI is InChI=1S/C45H28N4S2/c1-3-12-27(13-4-1)43-46-44(28-14-5-2-6-15-28)48-45(47-43)29-22-23-32-33-24-25-34-40-37(20-11-21-38(40)50-42(34)41(33)51-39(32)26-29)49-35-18-9-7-16-30(35)31-17-8-10-19-36(31)49/h1-26,30,35H. The second kappa shape index (κ2) is 11.3. The van der Waals surface area contributed by atoms with Gasteiger partial charge in [-0.15, -0.1) is 22.7 Å². The summed E-state index contributed by atoms with van der Waals surface area (Å²) in [5.41, 5.74) is 6.90. The Morgan fingerprint density at radius 1 is 0.471 bits per heavy atom. The van der Waals surface area contributed by atoms with Crippen molar-refractivity contribution in [1.82, 2.24) is 15.0 Å². The topological polar surface area (TPSA) is 41.9 Å². The van der Waals surface area contributed by atoms with Crippen LogP contribution in [0.5, 0.6) is 0 Å². The number of hydrogen-bond donors (Lipinski definition) is 0. The maximum Gasteiger partial charge on any atom is 0.164 e. The molecule has 9 aromatic rings. The second-order valence-electron chi connectivity index (χ2n) is 13.1.